The van der Waals surface area contributed by atoms with E-state index in [4.69, 9.17) is 0 Å². The lowest BCUT2D eigenvalue weighted by Gasteiger charge is -2.36. The molecular formula is C13H16N2O2. The molecule has 1 heterocycles. The van der Waals surface area contributed by atoms with Gasteiger partial charge < -0.3 is 15.3 Å². The van der Waals surface area contributed by atoms with Crippen molar-refractivity contribution in [3.63, 3.8) is 0 Å². The van der Waals surface area contributed by atoms with E-state index in [1.807, 2.05) is 18.2 Å². The summed E-state index contributed by atoms with van der Waals surface area (Å²) in [5.74, 6) is -0.330. The molecule has 1 saturated carbocycles. The van der Waals surface area contributed by atoms with Crippen LogP contribution in [0.25, 0.3) is 0 Å². The van der Waals surface area contributed by atoms with Gasteiger partial charge in [0.1, 0.15) is 0 Å². The summed E-state index contributed by atoms with van der Waals surface area (Å²) in [7, 11) is 2.08. The number of aliphatic hydroxyl groups excluding tert-OH is 1. The van der Waals surface area contributed by atoms with Crippen LogP contribution in [0.5, 0.6) is 0 Å². The highest BCUT2D eigenvalue weighted by Crippen LogP contribution is 2.35. The molecule has 0 saturated heterocycles. The maximum absolute atomic E-state index is 11.3. The zero-order valence-corrected chi connectivity index (χ0v) is 9.81. The van der Waals surface area contributed by atoms with Crippen molar-refractivity contribution >= 4 is 17.3 Å². The van der Waals surface area contributed by atoms with E-state index in [0.717, 1.165) is 11.4 Å². The molecular weight excluding hydrogens is 216 g/mol. The first kappa shape index (κ1) is 10.6. The number of anilines is 2. The first-order valence-corrected chi connectivity index (χ1v) is 6.02. The largest absolute Gasteiger partial charge is 0.378 e. The van der Waals surface area contributed by atoms with Gasteiger partial charge in [0.15, 0.2) is 6.10 Å². The topological polar surface area (TPSA) is 52.6 Å². The van der Waals surface area contributed by atoms with Crippen molar-refractivity contribution in [3.05, 3.63) is 23.8 Å². The molecule has 1 unspecified atom stereocenters. The number of benzene rings is 1. The summed E-state index contributed by atoms with van der Waals surface area (Å²) >= 11 is 0. The van der Waals surface area contributed by atoms with E-state index in [-0.39, 0.29) is 5.91 Å². The Kier molecular flexibility index (Phi) is 2.33. The Labute approximate surface area is 100 Å². The van der Waals surface area contributed by atoms with E-state index in [1.165, 1.54) is 19.3 Å². The van der Waals surface area contributed by atoms with Gasteiger partial charge in [0.25, 0.3) is 5.91 Å². The van der Waals surface area contributed by atoms with Crippen molar-refractivity contribution in [3.8, 4) is 0 Å². The van der Waals surface area contributed by atoms with Crippen LogP contribution in [0.1, 0.15) is 30.9 Å². The number of nitrogens with zero attached hydrogens (tertiary/aromatic N) is 1. The number of carbonyl (C=O) groups excluding carboxylic acids is 1. The van der Waals surface area contributed by atoms with E-state index < -0.39 is 6.10 Å². The number of rotatable bonds is 2. The highest BCUT2D eigenvalue weighted by Gasteiger charge is 2.29. The van der Waals surface area contributed by atoms with Crippen molar-refractivity contribution < 1.29 is 9.90 Å². The molecule has 90 valence electrons. The molecule has 4 nitrogen and oxygen atoms in total. The molecule has 2 aliphatic rings. The maximum Gasteiger partial charge on any atom is 0.257 e. The van der Waals surface area contributed by atoms with Gasteiger partial charge in [-0.2, -0.15) is 0 Å². The third-order valence-electron chi connectivity index (χ3n) is 3.87. The summed E-state index contributed by atoms with van der Waals surface area (Å²) in [6, 6.07) is 6.38. The van der Waals surface area contributed by atoms with Crippen molar-refractivity contribution in [1.82, 2.24) is 0 Å². The lowest BCUT2D eigenvalue weighted by Crippen LogP contribution is -2.37. The summed E-state index contributed by atoms with van der Waals surface area (Å²) in [4.78, 5) is 13.6. The van der Waals surface area contributed by atoms with E-state index in [1.54, 1.807) is 0 Å². The molecule has 1 aliphatic heterocycles. The summed E-state index contributed by atoms with van der Waals surface area (Å²) in [6.45, 7) is 0. The third-order valence-corrected chi connectivity index (χ3v) is 3.87. The van der Waals surface area contributed by atoms with Gasteiger partial charge in [0, 0.05) is 30.0 Å². The Morgan fingerprint density at radius 3 is 2.82 bits per heavy atom. The van der Waals surface area contributed by atoms with Crippen LogP contribution in [0.15, 0.2) is 18.2 Å². The second-order valence-corrected chi connectivity index (χ2v) is 4.86. The molecule has 0 radical (unpaired) electrons. The standard InChI is InChI=1S/C13H16N2O2/c1-15(8-3-2-4-8)9-5-6-10-11(7-9)14-13(17)12(10)16/h5-8,12,16H,2-4H2,1H3,(H,14,17). The molecule has 1 amide bonds. The molecule has 0 spiro atoms. The molecule has 1 aliphatic carbocycles. The van der Waals surface area contributed by atoms with Crippen molar-refractivity contribution in [2.24, 2.45) is 0 Å². The summed E-state index contributed by atoms with van der Waals surface area (Å²) in [6.07, 6.45) is 2.77. The minimum Gasteiger partial charge on any atom is -0.378 e. The summed E-state index contributed by atoms with van der Waals surface area (Å²) < 4.78 is 0. The molecule has 2 N–H and O–H groups in total. The van der Waals surface area contributed by atoms with Gasteiger partial charge in [0.05, 0.1) is 0 Å². The normalized spacial score (nSPS) is 22.9. The second-order valence-electron chi connectivity index (χ2n) is 4.86. The van der Waals surface area contributed by atoms with Gasteiger partial charge in [-0.05, 0) is 31.4 Å². The molecule has 1 aromatic carbocycles. The zero-order valence-electron chi connectivity index (χ0n) is 9.81. The van der Waals surface area contributed by atoms with Gasteiger partial charge >= 0.3 is 0 Å². The van der Waals surface area contributed by atoms with Crippen LogP contribution in [0.3, 0.4) is 0 Å². The van der Waals surface area contributed by atoms with E-state index >= 15 is 0 Å². The van der Waals surface area contributed by atoms with Gasteiger partial charge in [0.2, 0.25) is 0 Å². The molecule has 4 heteroatoms. The quantitative estimate of drug-likeness (QED) is 0.815. The van der Waals surface area contributed by atoms with E-state index in [2.05, 4.69) is 17.3 Å². The Morgan fingerprint density at radius 2 is 2.18 bits per heavy atom. The lowest BCUT2D eigenvalue weighted by atomic mass is 9.91. The number of fused-ring (bicyclic) bond motifs is 1. The predicted octanol–water partition coefficient (Wildman–Crippen LogP) is 1.66. The van der Waals surface area contributed by atoms with Crippen LogP contribution in [-0.4, -0.2) is 24.1 Å². The highest BCUT2D eigenvalue weighted by molar-refractivity contribution is 6.02. The minimum absolute atomic E-state index is 0.330. The van der Waals surface area contributed by atoms with Gasteiger partial charge in [-0.15, -0.1) is 0 Å². The number of nitrogens with one attached hydrogen (secondary N) is 1. The van der Waals surface area contributed by atoms with Gasteiger partial charge in [-0.3, -0.25) is 4.79 Å². The van der Waals surface area contributed by atoms with Crippen LogP contribution >= 0.6 is 0 Å². The second kappa shape index (κ2) is 3.74. The SMILES string of the molecule is CN(c1ccc2c(c1)NC(=O)C2O)C1CCC1. The average molecular weight is 232 g/mol. The molecule has 3 rings (SSSR count). The van der Waals surface area contributed by atoms with Crippen LogP contribution in [-0.2, 0) is 4.79 Å². The van der Waals surface area contributed by atoms with Crippen LogP contribution in [0, 0.1) is 0 Å². The highest BCUT2D eigenvalue weighted by atomic mass is 16.3. The summed E-state index contributed by atoms with van der Waals surface area (Å²) in [5, 5.41) is 12.3. The fourth-order valence-corrected chi connectivity index (χ4v) is 2.44. The number of hydrogen-bond acceptors (Lipinski definition) is 3. The molecule has 0 aromatic heterocycles. The average Bonchev–Trinajstić information content (AvgIpc) is 2.52. The van der Waals surface area contributed by atoms with Crippen LogP contribution < -0.4 is 10.2 Å². The fourth-order valence-electron chi connectivity index (χ4n) is 2.44. The Balaban J connectivity index is 1.89. The van der Waals surface area contributed by atoms with Gasteiger partial charge in [-0.25, -0.2) is 0 Å². The first-order chi connectivity index (χ1) is 8.16. The molecule has 1 aromatic rings. The fraction of sp³-hybridized carbons (Fsp3) is 0.462. The number of carbonyl (C=O) groups is 1. The Hall–Kier alpha value is -1.55. The van der Waals surface area contributed by atoms with Crippen molar-refractivity contribution in [2.45, 2.75) is 31.4 Å². The number of aliphatic hydroxyl groups is 1. The Morgan fingerprint density at radius 1 is 1.41 bits per heavy atom. The van der Waals surface area contributed by atoms with Crippen molar-refractivity contribution in [2.75, 3.05) is 17.3 Å². The zero-order chi connectivity index (χ0) is 12.0. The monoisotopic (exact) mass is 232 g/mol. The molecule has 1 atom stereocenters. The maximum atomic E-state index is 11.3. The summed E-state index contributed by atoms with van der Waals surface area (Å²) in [5.41, 5.74) is 2.52. The van der Waals surface area contributed by atoms with Crippen LogP contribution in [0.2, 0.25) is 0 Å². The van der Waals surface area contributed by atoms with E-state index in [0.29, 0.717) is 11.6 Å². The van der Waals surface area contributed by atoms with Crippen LogP contribution in [0.4, 0.5) is 11.4 Å². The molecule has 1 fully saturated rings. The number of hydrogen-bond donors (Lipinski definition) is 2. The Bertz CT molecular complexity index is 468. The number of amides is 1. The van der Waals surface area contributed by atoms with Crippen molar-refractivity contribution in [1.29, 1.82) is 0 Å². The third kappa shape index (κ3) is 1.60. The smallest absolute Gasteiger partial charge is 0.257 e. The predicted molar refractivity (Wildman–Crippen MR) is 66.1 cm³/mol. The first-order valence-electron chi connectivity index (χ1n) is 6.02. The van der Waals surface area contributed by atoms with E-state index in [9.17, 15) is 9.90 Å². The molecule has 0 bridgehead atoms. The molecule has 17 heavy (non-hydrogen) atoms. The van der Waals surface area contributed by atoms with Gasteiger partial charge in [-0.1, -0.05) is 6.07 Å². The lowest BCUT2D eigenvalue weighted by molar-refractivity contribution is -0.123. The minimum atomic E-state index is -1.01.